The molecule has 2 amide bonds. The quantitative estimate of drug-likeness (QED) is 0.0485. The normalized spacial score (nSPS) is 14.7. The molecule has 9 nitrogen and oxygen atoms in total. The SMILES string of the molecule is CC(C)(C)CSc1ncccc1/C=C/C(=O)NC1CCCC(O)C1.Cc1ccc(Sc2ccccc2/C=C\C(=O)CCCN(C)C)cc1.Cc1ccc(Sc2ccccc2CCC(=O)NCCN(C)C)cc1. The number of hydrogen-bond donors (Lipinski definition) is 3. The van der Waals surface area contributed by atoms with E-state index in [1.807, 2.05) is 70.7 Å². The first-order chi connectivity index (χ1) is 34.4. The number of aromatic nitrogens is 1. The van der Waals surface area contributed by atoms with Crippen molar-refractivity contribution in [2.75, 3.05) is 53.6 Å². The molecule has 3 N–H and O–H groups in total. The van der Waals surface area contributed by atoms with Crippen LogP contribution in [0.1, 0.15) is 93.5 Å². The molecule has 0 saturated heterocycles. The second-order valence-corrected chi connectivity index (χ2v) is 23.1. The van der Waals surface area contributed by atoms with Crippen molar-refractivity contribution >= 4 is 65.0 Å². The van der Waals surface area contributed by atoms with Crippen LogP contribution in [-0.2, 0) is 20.8 Å². The van der Waals surface area contributed by atoms with Gasteiger partial charge in [-0.1, -0.05) is 128 Å². The van der Waals surface area contributed by atoms with Gasteiger partial charge in [-0.2, -0.15) is 0 Å². The molecule has 2 atom stereocenters. The van der Waals surface area contributed by atoms with E-state index >= 15 is 0 Å². The van der Waals surface area contributed by atoms with Crippen LogP contribution in [0.3, 0.4) is 0 Å². The Bertz CT molecular complexity index is 2470. The Morgan fingerprint density at radius 2 is 1.32 bits per heavy atom. The minimum Gasteiger partial charge on any atom is -0.393 e. The highest BCUT2D eigenvalue weighted by atomic mass is 32.2. The second-order valence-electron chi connectivity index (χ2n) is 19.9. The predicted molar refractivity (Wildman–Crippen MR) is 305 cm³/mol. The van der Waals surface area contributed by atoms with Crippen molar-refractivity contribution in [3.05, 3.63) is 155 Å². The summed E-state index contributed by atoms with van der Waals surface area (Å²) in [6, 6.07) is 37.5. The summed E-state index contributed by atoms with van der Waals surface area (Å²) in [6.45, 7) is 13.3. The fourth-order valence-corrected chi connectivity index (χ4v) is 10.1. The number of carbonyl (C=O) groups is 3. The van der Waals surface area contributed by atoms with Gasteiger partial charge in [0.2, 0.25) is 11.8 Å². The van der Waals surface area contributed by atoms with Gasteiger partial charge in [0, 0.05) is 75.1 Å². The van der Waals surface area contributed by atoms with Gasteiger partial charge in [-0.25, -0.2) is 4.98 Å². The number of hydrogen-bond acceptors (Lipinski definition) is 10. The van der Waals surface area contributed by atoms with Gasteiger partial charge in [-0.3, -0.25) is 14.4 Å². The number of carbonyl (C=O) groups excluding carboxylic acids is 3. The Morgan fingerprint density at radius 3 is 1.96 bits per heavy atom. The minimum absolute atomic E-state index is 0.0783. The van der Waals surface area contributed by atoms with Gasteiger partial charge in [-0.05, 0) is 158 Å². The Morgan fingerprint density at radius 1 is 0.722 bits per heavy atom. The molecule has 6 rings (SSSR count). The van der Waals surface area contributed by atoms with E-state index in [0.29, 0.717) is 25.8 Å². The number of pyridine rings is 1. The van der Waals surface area contributed by atoms with Crippen LogP contribution in [0.15, 0.2) is 152 Å². The topological polar surface area (TPSA) is 115 Å². The zero-order chi connectivity index (χ0) is 52.3. The third-order valence-corrected chi connectivity index (χ3v) is 15.1. The van der Waals surface area contributed by atoms with Crippen LogP contribution in [0.25, 0.3) is 12.2 Å². The van der Waals surface area contributed by atoms with Crippen molar-refractivity contribution < 1.29 is 19.5 Å². The molecule has 1 saturated carbocycles. The highest BCUT2D eigenvalue weighted by Gasteiger charge is 2.21. The number of ketones is 1. The molecule has 1 aliphatic rings. The summed E-state index contributed by atoms with van der Waals surface area (Å²) in [4.78, 5) is 49.5. The molecule has 1 fully saturated rings. The fraction of sp³-hybridized carbons (Fsp3) is 0.400. The lowest BCUT2D eigenvalue weighted by molar-refractivity contribution is -0.121. The Kier molecular flexibility index (Phi) is 26.7. The van der Waals surface area contributed by atoms with Crippen molar-refractivity contribution in [2.45, 2.75) is 123 Å². The number of amides is 2. The van der Waals surface area contributed by atoms with Gasteiger partial charge in [0.05, 0.1) is 6.10 Å². The van der Waals surface area contributed by atoms with Crippen molar-refractivity contribution in [2.24, 2.45) is 5.41 Å². The smallest absolute Gasteiger partial charge is 0.244 e. The number of aliphatic hydroxyl groups excluding tert-OH is 1. The Labute approximate surface area is 444 Å². The van der Waals surface area contributed by atoms with Gasteiger partial charge < -0.3 is 25.5 Å². The molecule has 1 heterocycles. The van der Waals surface area contributed by atoms with E-state index < -0.39 is 0 Å². The number of rotatable bonds is 21. The number of aryl methyl sites for hydroxylation is 3. The summed E-state index contributed by atoms with van der Waals surface area (Å²) in [6.07, 6.45) is 14.7. The third-order valence-electron chi connectivity index (χ3n) is 11.2. The van der Waals surface area contributed by atoms with E-state index in [9.17, 15) is 19.5 Å². The van der Waals surface area contributed by atoms with Gasteiger partial charge in [0.25, 0.3) is 0 Å². The molecule has 72 heavy (non-hydrogen) atoms. The lowest BCUT2D eigenvalue weighted by atomic mass is 9.93. The van der Waals surface area contributed by atoms with Crippen LogP contribution in [0.5, 0.6) is 0 Å². The van der Waals surface area contributed by atoms with Crippen LogP contribution >= 0.6 is 35.3 Å². The molecule has 1 aromatic heterocycles. The van der Waals surface area contributed by atoms with Gasteiger partial charge in [0.1, 0.15) is 5.03 Å². The predicted octanol–water partition coefficient (Wildman–Crippen LogP) is 12.5. The van der Waals surface area contributed by atoms with Crippen LogP contribution in [-0.4, -0.2) is 103 Å². The minimum atomic E-state index is -0.285. The fourth-order valence-electron chi connectivity index (χ4n) is 7.22. The maximum atomic E-state index is 12.1. The lowest BCUT2D eigenvalue weighted by Crippen LogP contribution is -2.38. The second kappa shape index (κ2) is 32.3. The average molecular weight is 1030 g/mol. The van der Waals surface area contributed by atoms with Crippen molar-refractivity contribution in [3.63, 3.8) is 0 Å². The number of thioether (sulfide) groups is 1. The van der Waals surface area contributed by atoms with Crippen molar-refractivity contribution in [1.82, 2.24) is 25.4 Å². The largest absolute Gasteiger partial charge is 0.393 e. The number of likely N-dealkylation sites (N-methyl/N-ethyl adjacent to an activating group) is 1. The van der Waals surface area contributed by atoms with Crippen LogP contribution < -0.4 is 10.6 Å². The van der Waals surface area contributed by atoms with Crippen molar-refractivity contribution in [3.8, 4) is 0 Å². The Balaban J connectivity index is 0.000000234. The Hall–Kier alpha value is -4.95. The van der Waals surface area contributed by atoms with Crippen LogP contribution in [0, 0.1) is 19.3 Å². The third kappa shape index (κ3) is 25.1. The van der Waals surface area contributed by atoms with E-state index in [0.717, 1.165) is 67.1 Å². The standard InChI is InChI=1S/C21H25NOS.C20H26N2OS.C19H28N2O2S/c1-17-10-14-20(15-11-17)24-21-9-5-4-7-18(21)12-13-19(23)8-6-16-22(2)3;1-16-8-11-18(12-9-16)24-19-7-5-4-6-17(19)10-13-20(23)21-14-15-22(2)3;1-19(2,3)13-24-18-14(6-5-11-20-18)9-10-17(23)21-15-7-4-8-16(22)12-15/h4-5,7,9-15H,6,8,16H2,1-3H3;4-9,11-12H,10,13-15H2,1-3H3,(H,21,23);5-6,9-11,15-16,22H,4,7-8,12-13H2,1-3H3,(H,21,23)/b13-12-;;10-9+. The highest BCUT2D eigenvalue weighted by molar-refractivity contribution is 7.99. The van der Waals surface area contributed by atoms with Gasteiger partial charge in [-0.15, -0.1) is 11.8 Å². The zero-order valence-corrected chi connectivity index (χ0v) is 46.6. The molecule has 386 valence electrons. The molecule has 2 unspecified atom stereocenters. The summed E-state index contributed by atoms with van der Waals surface area (Å²) in [5, 5.41) is 16.6. The summed E-state index contributed by atoms with van der Waals surface area (Å²) in [5.74, 6) is 1.17. The number of aliphatic hydroxyl groups is 1. The number of benzene rings is 4. The molecule has 1 aliphatic carbocycles. The number of nitrogens with zero attached hydrogens (tertiary/aromatic N) is 3. The molecular weight excluding hydrogens is 951 g/mol. The lowest BCUT2D eigenvalue weighted by Gasteiger charge is -2.26. The average Bonchev–Trinajstić information content (AvgIpc) is 3.34. The summed E-state index contributed by atoms with van der Waals surface area (Å²) in [5.41, 5.74) is 6.03. The van der Waals surface area contributed by atoms with Crippen LogP contribution in [0.4, 0.5) is 0 Å². The maximum Gasteiger partial charge on any atom is 0.244 e. The molecule has 12 heteroatoms. The van der Waals surface area contributed by atoms with E-state index in [-0.39, 0.29) is 35.2 Å². The number of allylic oxidation sites excluding steroid dienone is 1. The first-order valence-electron chi connectivity index (χ1n) is 25.1. The summed E-state index contributed by atoms with van der Waals surface area (Å²) >= 11 is 5.20. The summed E-state index contributed by atoms with van der Waals surface area (Å²) in [7, 11) is 8.06. The van der Waals surface area contributed by atoms with Crippen LogP contribution in [0.2, 0.25) is 0 Å². The maximum absolute atomic E-state index is 12.1. The number of nitrogens with one attached hydrogen (secondary N) is 2. The molecule has 0 spiro atoms. The molecule has 0 radical (unpaired) electrons. The van der Waals surface area contributed by atoms with E-state index in [2.05, 4.69) is 139 Å². The van der Waals surface area contributed by atoms with E-state index in [4.69, 9.17) is 0 Å². The van der Waals surface area contributed by atoms with Gasteiger partial charge in [0.15, 0.2) is 5.78 Å². The van der Waals surface area contributed by atoms with Crippen molar-refractivity contribution in [1.29, 1.82) is 0 Å². The molecule has 0 bridgehead atoms. The van der Waals surface area contributed by atoms with Gasteiger partial charge >= 0.3 is 0 Å². The molecule has 5 aromatic rings. The zero-order valence-electron chi connectivity index (χ0n) is 44.2. The molecule has 4 aromatic carbocycles. The van der Waals surface area contributed by atoms with E-state index in [1.54, 1.807) is 53.6 Å². The first-order valence-corrected chi connectivity index (χ1v) is 27.7. The first kappa shape index (κ1) is 59.6. The highest BCUT2D eigenvalue weighted by Crippen LogP contribution is 2.33. The van der Waals surface area contributed by atoms with E-state index in [1.165, 1.54) is 36.3 Å². The summed E-state index contributed by atoms with van der Waals surface area (Å²) < 4.78 is 0. The monoisotopic (exact) mass is 1030 g/mol. The molecule has 0 aliphatic heterocycles. The molecular formula is C60H79N5O4S3.